The van der Waals surface area contributed by atoms with Crippen molar-refractivity contribution in [3.8, 4) is 0 Å². The molecule has 1 aromatic rings. The third kappa shape index (κ3) is 1.17. The van der Waals surface area contributed by atoms with Gasteiger partial charge in [-0.15, -0.1) is 0 Å². The van der Waals surface area contributed by atoms with E-state index in [0.717, 1.165) is 5.56 Å². The maximum Gasteiger partial charge on any atom is 0.129 e. The fourth-order valence-electron chi connectivity index (χ4n) is 1.98. The number of fused-ring (bicyclic) bond motifs is 1. The molecule has 1 nitrogen and oxygen atoms in total. The first kappa shape index (κ1) is 8.70. The summed E-state index contributed by atoms with van der Waals surface area (Å²) in [5, 5.41) is 9.70. The Kier molecular flexibility index (Phi) is 1.88. The summed E-state index contributed by atoms with van der Waals surface area (Å²) in [5.41, 5.74) is 2.15. The summed E-state index contributed by atoms with van der Waals surface area (Å²) >= 11 is 0. The smallest absolute Gasteiger partial charge is 0.129 e. The standard InChI is InChI=1S/C11H13FO/c1-6-3-4-8-9(10(6)12)5-7(2)11(8)13/h3-4,7,11,13H,5H2,1-2H3. The number of halogens is 1. The first-order valence-electron chi connectivity index (χ1n) is 4.57. The second-order valence-corrected chi connectivity index (χ2v) is 3.89. The first-order chi connectivity index (χ1) is 6.11. The highest BCUT2D eigenvalue weighted by Crippen LogP contribution is 2.37. The lowest BCUT2D eigenvalue weighted by atomic mass is 10.1. The van der Waals surface area contributed by atoms with Gasteiger partial charge >= 0.3 is 0 Å². The Morgan fingerprint density at radius 1 is 1.46 bits per heavy atom. The molecule has 2 unspecified atom stereocenters. The molecule has 2 atom stereocenters. The van der Waals surface area contributed by atoms with Gasteiger partial charge < -0.3 is 5.11 Å². The van der Waals surface area contributed by atoms with Gasteiger partial charge in [-0.25, -0.2) is 4.39 Å². The molecule has 0 spiro atoms. The minimum atomic E-state index is -0.481. The van der Waals surface area contributed by atoms with Crippen LogP contribution in [0.2, 0.25) is 0 Å². The van der Waals surface area contributed by atoms with E-state index in [4.69, 9.17) is 0 Å². The summed E-state index contributed by atoms with van der Waals surface area (Å²) < 4.78 is 13.5. The molecule has 1 N–H and O–H groups in total. The van der Waals surface area contributed by atoms with E-state index in [1.54, 1.807) is 13.0 Å². The first-order valence-corrected chi connectivity index (χ1v) is 4.57. The monoisotopic (exact) mass is 180 g/mol. The molecule has 2 heteroatoms. The zero-order chi connectivity index (χ0) is 9.59. The zero-order valence-corrected chi connectivity index (χ0v) is 7.84. The van der Waals surface area contributed by atoms with Gasteiger partial charge in [0.15, 0.2) is 0 Å². The predicted octanol–water partition coefficient (Wildman–Crippen LogP) is 2.36. The largest absolute Gasteiger partial charge is 0.388 e. The summed E-state index contributed by atoms with van der Waals surface area (Å²) in [6.45, 7) is 3.70. The number of hydrogen-bond donors (Lipinski definition) is 1. The van der Waals surface area contributed by atoms with Gasteiger partial charge in [0.25, 0.3) is 0 Å². The lowest BCUT2D eigenvalue weighted by molar-refractivity contribution is 0.133. The van der Waals surface area contributed by atoms with Gasteiger partial charge in [0, 0.05) is 0 Å². The lowest BCUT2D eigenvalue weighted by Crippen LogP contribution is -2.00. The molecular formula is C11H13FO. The van der Waals surface area contributed by atoms with Crippen LogP contribution in [0.3, 0.4) is 0 Å². The number of aliphatic hydroxyl groups is 1. The van der Waals surface area contributed by atoms with E-state index in [0.29, 0.717) is 17.5 Å². The molecule has 13 heavy (non-hydrogen) atoms. The summed E-state index contributed by atoms with van der Waals surface area (Å²) in [7, 11) is 0. The summed E-state index contributed by atoms with van der Waals surface area (Å²) in [6.07, 6.45) is 0.175. The van der Waals surface area contributed by atoms with Gasteiger partial charge in [0.2, 0.25) is 0 Å². The van der Waals surface area contributed by atoms with Crippen LogP contribution in [0, 0.1) is 18.7 Å². The van der Waals surface area contributed by atoms with Crippen LogP contribution in [-0.4, -0.2) is 5.11 Å². The van der Waals surface area contributed by atoms with Gasteiger partial charge in [-0.2, -0.15) is 0 Å². The molecule has 2 rings (SSSR count). The molecule has 1 aliphatic rings. The van der Waals surface area contributed by atoms with E-state index < -0.39 is 6.10 Å². The van der Waals surface area contributed by atoms with E-state index in [9.17, 15) is 9.50 Å². The van der Waals surface area contributed by atoms with Crippen LogP contribution in [0.4, 0.5) is 4.39 Å². The van der Waals surface area contributed by atoms with Crippen LogP contribution in [-0.2, 0) is 6.42 Å². The molecule has 0 bridgehead atoms. The van der Waals surface area contributed by atoms with Crippen LogP contribution in [0.1, 0.15) is 29.7 Å². The molecule has 1 aromatic carbocycles. The molecule has 0 fully saturated rings. The van der Waals surface area contributed by atoms with Crippen molar-refractivity contribution >= 4 is 0 Å². The third-order valence-corrected chi connectivity index (χ3v) is 2.86. The summed E-state index contributed by atoms with van der Waals surface area (Å²) in [4.78, 5) is 0. The van der Waals surface area contributed by atoms with E-state index in [1.165, 1.54) is 0 Å². The lowest BCUT2D eigenvalue weighted by Gasteiger charge is -2.08. The molecule has 0 aromatic heterocycles. The number of aliphatic hydroxyl groups excluding tert-OH is 1. The Balaban J connectivity index is 2.57. The minimum absolute atomic E-state index is 0.138. The van der Waals surface area contributed by atoms with Gasteiger partial charge in [0.1, 0.15) is 5.82 Å². The topological polar surface area (TPSA) is 20.2 Å². The van der Waals surface area contributed by atoms with Crippen molar-refractivity contribution in [2.24, 2.45) is 5.92 Å². The normalized spacial score (nSPS) is 26.2. The van der Waals surface area contributed by atoms with Crippen molar-refractivity contribution in [2.75, 3.05) is 0 Å². The summed E-state index contributed by atoms with van der Waals surface area (Å²) in [6, 6.07) is 3.57. The van der Waals surface area contributed by atoms with Gasteiger partial charge in [0.05, 0.1) is 6.10 Å². The van der Waals surface area contributed by atoms with Crippen LogP contribution in [0.25, 0.3) is 0 Å². The van der Waals surface area contributed by atoms with E-state index >= 15 is 0 Å². The highest BCUT2D eigenvalue weighted by molar-refractivity contribution is 5.38. The number of aryl methyl sites for hydroxylation is 1. The Hall–Kier alpha value is -0.890. The number of rotatable bonds is 0. The van der Waals surface area contributed by atoms with Crippen molar-refractivity contribution in [1.29, 1.82) is 0 Å². The van der Waals surface area contributed by atoms with E-state index in [-0.39, 0.29) is 11.7 Å². The third-order valence-electron chi connectivity index (χ3n) is 2.86. The molecule has 70 valence electrons. The average molecular weight is 180 g/mol. The maximum absolute atomic E-state index is 13.5. The molecule has 0 amide bonds. The van der Waals surface area contributed by atoms with Gasteiger partial charge in [-0.3, -0.25) is 0 Å². The molecule has 1 aliphatic carbocycles. The fraction of sp³-hybridized carbons (Fsp3) is 0.455. The van der Waals surface area contributed by atoms with Crippen molar-refractivity contribution in [1.82, 2.24) is 0 Å². The average Bonchev–Trinajstić information content (AvgIpc) is 2.38. The predicted molar refractivity (Wildman–Crippen MR) is 49.0 cm³/mol. The zero-order valence-electron chi connectivity index (χ0n) is 7.84. The summed E-state index contributed by atoms with van der Waals surface area (Å²) in [5.74, 6) is 0.00667. The van der Waals surface area contributed by atoms with Crippen molar-refractivity contribution in [3.05, 3.63) is 34.6 Å². The van der Waals surface area contributed by atoms with Crippen molar-refractivity contribution < 1.29 is 9.50 Å². The van der Waals surface area contributed by atoms with E-state index in [1.807, 2.05) is 13.0 Å². The van der Waals surface area contributed by atoms with Crippen LogP contribution in [0.15, 0.2) is 12.1 Å². The molecule has 0 heterocycles. The van der Waals surface area contributed by atoms with Crippen LogP contribution in [0.5, 0.6) is 0 Å². The highest BCUT2D eigenvalue weighted by atomic mass is 19.1. The van der Waals surface area contributed by atoms with Gasteiger partial charge in [-0.05, 0) is 36.0 Å². The second kappa shape index (κ2) is 2.81. The molecule has 0 saturated carbocycles. The molecule has 0 saturated heterocycles. The SMILES string of the molecule is Cc1ccc2c(c1F)CC(C)C2O. The molecule has 0 aliphatic heterocycles. The van der Waals surface area contributed by atoms with E-state index in [2.05, 4.69) is 0 Å². The number of hydrogen-bond acceptors (Lipinski definition) is 1. The molecule has 0 radical (unpaired) electrons. The van der Waals surface area contributed by atoms with Crippen molar-refractivity contribution in [3.63, 3.8) is 0 Å². The highest BCUT2D eigenvalue weighted by Gasteiger charge is 2.30. The molecular weight excluding hydrogens is 167 g/mol. The van der Waals surface area contributed by atoms with Crippen LogP contribution >= 0.6 is 0 Å². The van der Waals surface area contributed by atoms with Gasteiger partial charge in [-0.1, -0.05) is 19.1 Å². The minimum Gasteiger partial charge on any atom is -0.388 e. The number of benzene rings is 1. The fourth-order valence-corrected chi connectivity index (χ4v) is 1.98. The quantitative estimate of drug-likeness (QED) is 0.649. The maximum atomic E-state index is 13.5. The Morgan fingerprint density at radius 3 is 2.85 bits per heavy atom. The van der Waals surface area contributed by atoms with Crippen LogP contribution < -0.4 is 0 Å². The Labute approximate surface area is 77.2 Å². The Bertz CT molecular complexity index is 346. The Morgan fingerprint density at radius 2 is 2.15 bits per heavy atom. The van der Waals surface area contributed by atoms with Crippen molar-refractivity contribution in [2.45, 2.75) is 26.4 Å². The second-order valence-electron chi connectivity index (χ2n) is 3.89.